The minimum atomic E-state index is -0.00254. The van der Waals surface area contributed by atoms with Crippen molar-refractivity contribution in [2.24, 2.45) is 11.7 Å². The van der Waals surface area contributed by atoms with E-state index in [0.717, 1.165) is 19.4 Å². The monoisotopic (exact) mass is 262 g/mol. The number of hydrogen-bond acceptors (Lipinski definition) is 3. The van der Waals surface area contributed by atoms with Crippen LogP contribution in [-0.2, 0) is 6.42 Å². The molecule has 3 nitrogen and oxygen atoms in total. The number of nitrogens with two attached hydrogens (primary N) is 1. The first-order valence-electron chi connectivity index (χ1n) is 7.27. The molecule has 106 valence electrons. The molecule has 1 aromatic carbocycles. The largest absolute Gasteiger partial charge is 0.394 e. The Balaban J connectivity index is 2.31. The van der Waals surface area contributed by atoms with Gasteiger partial charge in [0.2, 0.25) is 0 Å². The van der Waals surface area contributed by atoms with Crippen LogP contribution in [0.15, 0.2) is 18.2 Å². The Morgan fingerprint density at radius 1 is 1.37 bits per heavy atom. The number of nitrogens with zero attached hydrogens (tertiary/aromatic N) is 1. The molecule has 0 aliphatic carbocycles. The summed E-state index contributed by atoms with van der Waals surface area (Å²) in [7, 11) is 0. The molecule has 0 fully saturated rings. The minimum Gasteiger partial charge on any atom is -0.394 e. The third kappa shape index (κ3) is 2.93. The van der Waals surface area contributed by atoms with Crippen LogP contribution in [0.2, 0.25) is 0 Å². The van der Waals surface area contributed by atoms with Crippen LogP contribution >= 0.6 is 0 Å². The summed E-state index contributed by atoms with van der Waals surface area (Å²) >= 11 is 0. The van der Waals surface area contributed by atoms with E-state index in [1.54, 1.807) is 0 Å². The molecule has 0 saturated heterocycles. The summed E-state index contributed by atoms with van der Waals surface area (Å²) in [4.78, 5) is 2.31. The van der Waals surface area contributed by atoms with E-state index in [4.69, 9.17) is 5.73 Å². The highest BCUT2D eigenvalue weighted by atomic mass is 16.3. The summed E-state index contributed by atoms with van der Waals surface area (Å²) in [6, 6.07) is 6.60. The number of aryl methyl sites for hydroxylation is 2. The number of aliphatic hydroxyl groups excluding tert-OH is 1. The Morgan fingerprint density at radius 3 is 2.74 bits per heavy atom. The molecule has 19 heavy (non-hydrogen) atoms. The van der Waals surface area contributed by atoms with Crippen molar-refractivity contribution < 1.29 is 5.11 Å². The van der Waals surface area contributed by atoms with Gasteiger partial charge in [0.05, 0.1) is 12.6 Å². The second-order valence-electron chi connectivity index (χ2n) is 6.00. The van der Waals surface area contributed by atoms with E-state index < -0.39 is 0 Å². The number of rotatable bonds is 4. The first-order chi connectivity index (χ1) is 9.04. The SMILES string of the molecule is Cc1ccc2c(c1)CCCN2C(CO)C(N)C(C)C. The van der Waals surface area contributed by atoms with Gasteiger partial charge in [-0.1, -0.05) is 31.5 Å². The zero-order chi connectivity index (χ0) is 14.0. The fraction of sp³-hybridized carbons (Fsp3) is 0.625. The first kappa shape index (κ1) is 14.4. The molecule has 0 saturated carbocycles. The summed E-state index contributed by atoms with van der Waals surface area (Å²) < 4.78 is 0. The molecule has 2 unspecified atom stereocenters. The average Bonchev–Trinajstić information content (AvgIpc) is 2.39. The van der Waals surface area contributed by atoms with Crippen LogP contribution in [0.5, 0.6) is 0 Å². The van der Waals surface area contributed by atoms with Gasteiger partial charge in [0.1, 0.15) is 0 Å². The Bertz CT molecular complexity index is 431. The maximum absolute atomic E-state index is 9.76. The van der Waals surface area contributed by atoms with Crippen molar-refractivity contribution in [2.75, 3.05) is 18.1 Å². The minimum absolute atomic E-state index is 0.00254. The lowest BCUT2D eigenvalue weighted by molar-refractivity contribution is 0.223. The smallest absolute Gasteiger partial charge is 0.0674 e. The Labute approximate surface area is 116 Å². The van der Waals surface area contributed by atoms with Gasteiger partial charge in [-0.3, -0.25) is 0 Å². The predicted octanol–water partition coefficient (Wildman–Crippen LogP) is 2.09. The highest BCUT2D eigenvalue weighted by Gasteiger charge is 2.29. The summed E-state index contributed by atoms with van der Waals surface area (Å²) in [6.07, 6.45) is 2.26. The normalized spacial score (nSPS) is 18.3. The topological polar surface area (TPSA) is 49.5 Å². The lowest BCUT2D eigenvalue weighted by Crippen LogP contribution is -2.54. The highest BCUT2D eigenvalue weighted by molar-refractivity contribution is 5.57. The summed E-state index contributed by atoms with van der Waals surface area (Å²) in [5.74, 6) is 0.368. The maximum atomic E-state index is 9.76. The molecule has 2 rings (SSSR count). The van der Waals surface area contributed by atoms with Crippen molar-refractivity contribution in [3.05, 3.63) is 29.3 Å². The van der Waals surface area contributed by atoms with E-state index in [-0.39, 0.29) is 18.7 Å². The molecule has 1 aliphatic heterocycles. The van der Waals surface area contributed by atoms with Gasteiger partial charge < -0.3 is 15.7 Å². The Hall–Kier alpha value is -1.06. The van der Waals surface area contributed by atoms with Crippen LogP contribution in [0.25, 0.3) is 0 Å². The van der Waals surface area contributed by atoms with E-state index >= 15 is 0 Å². The summed E-state index contributed by atoms with van der Waals surface area (Å²) in [5, 5.41) is 9.76. The van der Waals surface area contributed by atoms with Gasteiger partial charge in [0.15, 0.2) is 0 Å². The highest BCUT2D eigenvalue weighted by Crippen LogP contribution is 2.30. The van der Waals surface area contributed by atoms with Crippen molar-refractivity contribution in [1.82, 2.24) is 0 Å². The van der Waals surface area contributed by atoms with E-state index in [2.05, 4.69) is 43.9 Å². The number of anilines is 1. The van der Waals surface area contributed by atoms with E-state index in [1.165, 1.54) is 16.8 Å². The van der Waals surface area contributed by atoms with Crippen LogP contribution in [0.4, 0.5) is 5.69 Å². The van der Waals surface area contributed by atoms with Gasteiger partial charge in [0, 0.05) is 18.3 Å². The Morgan fingerprint density at radius 2 is 2.11 bits per heavy atom. The fourth-order valence-corrected chi connectivity index (χ4v) is 2.97. The molecule has 0 spiro atoms. The van der Waals surface area contributed by atoms with E-state index in [9.17, 15) is 5.11 Å². The molecule has 0 amide bonds. The number of hydrogen-bond donors (Lipinski definition) is 2. The van der Waals surface area contributed by atoms with Crippen LogP contribution < -0.4 is 10.6 Å². The molecule has 1 aliphatic rings. The van der Waals surface area contributed by atoms with E-state index in [1.807, 2.05) is 0 Å². The molecule has 0 bridgehead atoms. The number of benzene rings is 1. The zero-order valence-electron chi connectivity index (χ0n) is 12.3. The third-order valence-corrected chi connectivity index (χ3v) is 4.19. The molecule has 0 radical (unpaired) electrons. The molecule has 1 aromatic rings. The van der Waals surface area contributed by atoms with Gasteiger partial charge in [-0.05, 0) is 37.3 Å². The summed E-state index contributed by atoms with van der Waals surface area (Å²) in [5.41, 5.74) is 10.2. The molecular weight excluding hydrogens is 236 g/mol. The van der Waals surface area contributed by atoms with Crippen molar-refractivity contribution in [3.63, 3.8) is 0 Å². The molecule has 1 heterocycles. The first-order valence-corrected chi connectivity index (χ1v) is 7.27. The lowest BCUT2D eigenvalue weighted by atomic mass is 9.92. The van der Waals surface area contributed by atoms with E-state index in [0.29, 0.717) is 5.92 Å². The molecule has 3 heteroatoms. The van der Waals surface area contributed by atoms with Crippen LogP contribution in [0.3, 0.4) is 0 Å². The van der Waals surface area contributed by atoms with Crippen molar-refractivity contribution in [3.8, 4) is 0 Å². The quantitative estimate of drug-likeness (QED) is 0.873. The second-order valence-corrected chi connectivity index (χ2v) is 6.00. The Kier molecular flexibility index (Phi) is 4.48. The number of fused-ring (bicyclic) bond motifs is 1. The molecule has 3 N–H and O–H groups in total. The van der Waals surface area contributed by atoms with Crippen molar-refractivity contribution in [1.29, 1.82) is 0 Å². The molecule has 0 aromatic heterocycles. The maximum Gasteiger partial charge on any atom is 0.0674 e. The predicted molar refractivity (Wildman–Crippen MR) is 80.5 cm³/mol. The molecular formula is C16H26N2O. The van der Waals surface area contributed by atoms with Gasteiger partial charge in [-0.15, -0.1) is 0 Å². The standard InChI is InChI=1S/C16H26N2O/c1-11(2)16(17)15(10-19)18-8-4-5-13-9-12(3)6-7-14(13)18/h6-7,9,11,15-16,19H,4-5,8,10,17H2,1-3H3. The van der Waals surface area contributed by atoms with Crippen LogP contribution in [0.1, 0.15) is 31.4 Å². The summed E-state index contributed by atoms with van der Waals surface area (Å²) in [6.45, 7) is 7.47. The second kappa shape index (κ2) is 5.93. The van der Waals surface area contributed by atoms with Gasteiger partial charge in [0.25, 0.3) is 0 Å². The fourth-order valence-electron chi connectivity index (χ4n) is 2.97. The third-order valence-electron chi connectivity index (χ3n) is 4.19. The number of aliphatic hydroxyl groups is 1. The van der Waals surface area contributed by atoms with Gasteiger partial charge in [-0.25, -0.2) is 0 Å². The molecule has 2 atom stereocenters. The van der Waals surface area contributed by atoms with Crippen molar-refractivity contribution in [2.45, 2.75) is 45.7 Å². The average molecular weight is 262 g/mol. The van der Waals surface area contributed by atoms with Crippen molar-refractivity contribution >= 4 is 5.69 Å². The van der Waals surface area contributed by atoms with Crippen LogP contribution in [-0.4, -0.2) is 30.3 Å². The van der Waals surface area contributed by atoms with Gasteiger partial charge >= 0.3 is 0 Å². The van der Waals surface area contributed by atoms with Crippen LogP contribution in [0, 0.1) is 12.8 Å². The van der Waals surface area contributed by atoms with Gasteiger partial charge in [-0.2, -0.15) is 0 Å². The zero-order valence-corrected chi connectivity index (χ0v) is 12.3. The lowest BCUT2D eigenvalue weighted by Gasteiger charge is -2.41.